The van der Waals surface area contributed by atoms with Crippen molar-refractivity contribution < 1.29 is 0 Å². The Morgan fingerprint density at radius 3 is 2.89 bits per heavy atom. The number of aromatic amines is 1. The van der Waals surface area contributed by atoms with E-state index in [1.807, 2.05) is 30.5 Å². The Bertz CT molecular complexity index is 1160. The second kappa shape index (κ2) is 6.93. The van der Waals surface area contributed by atoms with E-state index in [0.717, 1.165) is 22.1 Å². The number of benzene rings is 1. The lowest BCUT2D eigenvalue weighted by atomic mass is 10.2. The fraction of sp³-hybridized carbons (Fsp3) is 0.105. The molecule has 0 bridgehead atoms. The van der Waals surface area contributed by atoms with Gasteiger partial charge in [-0.2, -0.15) is 0 Å². The van der Waals surface area contributed by atoms with Crippen LogP contribution < -0.4 is 9.62 Å². The summed E-state index contributed by atoms with van der Waals surface area (Å²) in [4.78, 5) is 26.0. The highest BCUT2D eigenvalue weighted by Crippen LogP contribution is 2.40. The molecule has 1 unspecified atom stereocenters. The molecule has 0 spiro atoms. The summed E-state index contributed by atoms with van der Waals surface area (Å²) in [5.74, 6) is 1.54. The van der Waals surface area contributed by atoms with Gasteiger partial charge in [0.25, 0.3) is 0 Å². The molecule has 0 amide bonds. The molecule has 5 rings (SSSR count). The average Bonchev–Trinajstić information content (AvgIpc) is 3.23. The molecule has 0 radical (unpaired) electrons. The van der Waals surface area contributed by atoms with E-state index < -0.39 is 0 Å². The van der Waals surface area contributed by atoms with Crippen LogP contribution in [0.5, 0.6) is 0 Å². The van der Waals surface area contributed by atoms with Crippen molar-refractivity contribution in [2.75, 3.05) is 9.62 Å². The first-order valence-electron chi connectivity index (χ1n) is 8.76. The first-order chi connectivity index (χ1) is 13.8. The Kier molecular flexibility index (Phi) is 4.13. The number of hydrogen-bond donors (Lipinski definition) is 2. The van der Waals surface area contributed by atoms with Gasteiger partial charge >= 0.3 is 0 Å². The highest BCUT2D eigenvalue weighted by Gasteiger charge is 2.27. The molecule has 138 valence electrons. The maximum Gasteiger partial charge on any atom is 0.162 e. The fourth-order valence-electron chi connectivity index (χ4n) is 3.01. The van der Waals surface area contributed by atoms with Crippen LogP contribution in [0.1, 0.15) is 6.92 Å². The van der Waals surface area contributed by atoms with Crippen molar-refractivity contribution in [1.82, 2.24) is 24.9 Å². The standard InChI is InChI=1S/C19H16N8S/c1-12(25-18-16-17(22-10-21-16)23-11-24-18)19-26-14-7-8-20-9-15(14)28-27(19)13-5-3-2-4-6-13/h2-12H,1H3,(H2,21,22,23,24,25). The second-order valence-corrected chi connectivity index (χ2v) is 7.21. The zero-order valence-electron chi connectivity index (χ0n) is 14.9. The van der Waals surface area contributed by atoms with Crippen LogP contribution in [0.2, 0.25) is 0 Å². The number of anilines is 2. The summed E-state index contributed by atoms with van der Waals surface area (Å²) in [6.45, 7) is 2.06. The minimum atomic E-state index is -0.121. The van der Waals surface area contributed by atoms with E-state index in [2.05, 4.69) is 53.6 Å². The topological polar surface area (TPSA) is 95.0 Å². The van der Waals surface area contributed by atoms with E-state index in [4.69, 9.17) is 4.99 Å². The number of pyridine rings is 1. The maximum absolute atomic E-state index is 4.91. The van der Waals surface area contributed by atoms with Gasteiger partial charge in [-0.3, -0.25) is 9.29 Å². The number of H-pyrrole nitrogens is 1. The van der Waals surface area contributed by atoms with Crippen molar-refractivity contribution >= 4 is 46.1 Å². The normalized spacial score (nSPS) is 14.5. The highest BCUT2D eigenvalue weighted by atomic mass is 32.2. The van der Waals surface area contributed by atoms with E-state index in [0.29, 0.717) is 17.0 Å². The zero-order valence-corrected chi connectivity index (χ0v) is 15.8. The molecule has 0 saturated carbocycles. The molecular formula is C19H16N8S. The van der Waals surface area contributed by atoms with Gasteiger partial charge in [0, 0.05) is 12.4 Å². The summed E-state index contributed by atoms with van der Waals surface area (Å²) < 4.78 is 2.12. The Hall–Kier alpha value is -3.46. The molecule has 3 aromatic heterocycles. The van der Waals surface area contributed by atoms with Crippen LogP contribution in [0, 0.1) is 0 Å². The molecule has 4 heterocycles. The van der Waals surface area contributed by atoms with Gasteiger partial charge in [-0.25, -0.2) is 19.9 Å². The largest absolute Gasteiger partial charge is 0.358 e. The first kappa shape index (κ1) is 16.7. The summed E-state index contributed by atoms with van der Waals surface area (Å²) in [5, 5.41) is 3.44. The van der Waals surface area contributed by atoms with Crippen LogP contribution in [0.3, 0.4) is 0 Å². The van der Waals surface area contributed by atoms with E-state index in [9.17, 15) is 0 Å². The molecular weight excluding hydrogens is 372 g/mol. The molecule has 1 atom stereocenters. The van der Waals surface area contributed by atoms with Crippen molar-refractivity contribution in [3.8, 4) is 0 Å². The first-order valence-corrected chi connectivity index (χ1v) is 9.53. The molecule has 0 aliphatic carbocycles. The van der Waals surface area contributed by atoms with E-state index in [1.54, 1.807) is 24.5 Å². The van der Waals surface area contributed by atoms with Crippen molar-refractivity contribution in [2.45, 2.75) is 17.9 Å². The van der Waals surface area contributed by atoms with Gasteiger partial charge in [-0.05, 0) is 37.1 Å². The molecule has 9 heteroatoms. The number of fused-ring (bicyclic) bond motifs is 2. The number of para-hydroxylation sites is 1. The second-order valence-electron chi connectivity index (χ2n) is 6.22. The number of imidazole rings is 1. The van der Waals surface area contributed by atoms with Crippen molar-refractivity contribution in [1.29, 1.82) is 0 Å². The third-order valence-electron chi connectivity index (χ3n) is 4.34. The Balaban J connectivity index is 1.54. The lowest BCUT2D eigenvalue weighted by Gasteiger charge is -2.32. The predicted molar refractivity (Wildman–Crippen MR) is 111 cm³/mol. The monoisotopic (exact) mass is 388 g/mol. The van der Waals surface area contributed by atoms with E-state index >= 15 is 0 Å². The van der Waals surface area contributed by atoms with Crippen LogP contribution in [-0.2, 0) is 0 Å². The molecule has 0 fully saturated rings. The van der Waals surface area contributed by atoms with Crippen LogP contribution >= 0.6 is 11.9 Å². The molecule has 1 aliphatic rings. The highest BCUT2D eigenvalue weighted by molar-refractivity contribution is 8.01. The molecule has 0 saturated heterocycles. The number of nitrogens with zero attached hydrogens (tertiary/aromatic N) is 6. The van der Waals surface area contributed by atoms with Gasteiger partial charge in [-0.1, -0.05) is 18.2 Å². The summed E-state index contributed by atoms with van der Waals surface area (Å²) in [5.41, 5.74) is 3.35. The lowest BCUT2D eigenvalue weighted by molar-refractivity contribution is 1.00. The molecule has 1 aliphatic heterocycles. The average molecular weight is 388 g/mol. The molecule has 8 nitrogen and oxygen atoms in total. The molecule has 28 heavy (non-hydrogen) atoms. The van der Waals surface area contributed by atoms with E-state index in [1.165, 1.54) is 6.33 Å². The molecule has 4 aromatic rings. The summed E-state index contributed by atoms with van der Waals surface area (Å²) >= 11 is 1.61. The van der Waals surface area contributed by atoms with Crippen molar-refractivity contribution in [2.24, 2.45) is 4.99 Å². The smallest absolute Gasteiger partial charge is 0.162 e. The number of aromatic nitrogens is 5. The predicted octanol–water partition coefficient (Wildman–Crippen LogP) is 3.81. The summed E-state index contributed by atoms with van der Waals surface area (Å²) in [6.07, 6.45) is 6.73. The van der Waals surface area contributed by atoms with Crippen molar-refractivity contribution in [3.63, 3.8) is 0 Å². The third kappa shape index (κ3) is 2.95. The number of nitrogens with one attached hydrogen (secondary N) is 2. The summed E-state index contributed by atoms with van der Waals surface area (Å²) in [6, 6.07) is 12.0. The summed E-state index contributed by atoms with van der Waals surface area (Å²) in [7, 11) is 0. The Morgan fingerprint density at radius 2 is 2.00 bits per heavy atom. The number of amidine groups is 1. The van der Waals surface area contributed by atoms with Crippen LogP contribution in [0.4, 0.5) is 17.2 Å². The van der Waals surface area contributed by atoms with E-state index in [-0.39, 0.29) is 6.04 Å². The lowest BCUT2D eigenvalue weighted by Crippen LogP contribution is -2.39. The minimum absolute atomic E-state index is 0.121. The zero-order chi connectivity index (χ0) is 18.9. The van der Waals surface area contributed by atoms with Gasteiger partial charge < -0.3 is 10.3 Å². The Morgan fingerprint density at radius 1 is 1.11 bits per heavy atom. The molecule has 2 N–H and O–H groups in total. The molecule has 1 aromatic carbocycles. The third-order valence-corrected chi connectivity index (χ3v) is 5.44. The number of aliphatic imine (C=N–C) groups is 1. The van der Waals surface area contributed by atoms with Gasteiger partial charge in [0.05, 0.1) is 28.6 Å². The van der Waals surface area contributed by atoms with Crippen LogP contribution in [-0.4, -0.2) is 36.8 Å². The number of hydrogen-bond acceptors (Lipinski definition) is 8. The maximum atomic E-state index is 4.91. The van der Waals surface area contributed by atoms with Gasteiger partial charge in [0.15, 0.2) is 11.5 Å². The fourth-order valence-corrected chi connectivity index (χ4v) is 4.04. The Labute approximate surface area is 165 Å². The van der Waals surface area contributed by atoms with Crippen LogP contribution in [0.25, 0.3) is 11.2 Å². The van der Waals surface area contributed by atoms with Gasteiger partial charge in [0.1, 0.15) is 17.7 Å². The van der Waals surface area contributed by atoms with Crippen LogP contribution in [0.15, 0.2) is 71.3 Å². The van der Waals surface area contributed by atoms with Crippen molar-refractivity contribution in [3.05, 3.63) is 61.4 Å². The SMILES string of the molecule is CC(Nc1ncnc2[nH]cnc12)C1=Nc2ccncc2SN1c1ccccc1. The number of rotatable bonds is 4. The van der Waals surface area contributed by atoms with Gasteiger partial charge in [-0.15, -0.1) is 0 Å². The minimum Gasteiger partial charge on any atom is -0.358 e. The quantitative estimate of drug-likeness (QED) is 0.513. The van der Waals surface area contributed by atoms with Gasteiger partial charge in [0.2, 0.25) is 0 Å².